The average Bonchev–Trinajstić information content (AvgIpc) is 2.88. The Hall–Kier alpha value is -2.77. The number of hydrogen-bond donors (Lipinski definition) is 2. The van der Waals surface area contributed by atoms with Crippen LogP contribution in [0.25, 0.3) is 0 Å². The van der Waals surface area contributed by atoms with Crippen LogP contribution in [0.4, 0.5) is 11.4 Å². The number of nitrogens with one attached hydrogen (secondary N) is 2. The third-order valence-corrected chi connectivity index (χ3v) is 4.34. The fraction of sp³-hybridized carbons (Fsp3) is 0.111. The van der Waals surface area contributed by atoms with E-state index in [0.717, 1.165) is 4.90 Å². The quantitative estimate of drug-likeness (QED) is 0.623. The Bertz CT molecular complexity index is 910. The number of halogens is 1. The van der Waals surface area contributed by atoms with Crippen LogP contribution in [-0.4, -0.2) is 22.8 Å². The number of carbonyl (C=O) groups is 3. The standard InChI is InChI=1S/C18H14ClN3O3S/c1-2-15(23)21-18(26)20-14-8-7-10(9-13(14)19)22-16(24)11-5-3-4-6-12(11)17(22)25/h3-9H,2H2,1H3,(H2,20,21,23,26). The molecule has 0 unspecified atom stereocenters. The van der Waals surface area contributed by atoms with Crippen LogP contribution in [0.15, 0.2) is 42.5 Å². The molecule has 3 amide bonds. The van der Waals surface area contributed by atoms with E-state index >= 15 is 0 Å². The number of rotatable bonds is 3. The summed E-state index contributed by atoms with van der Waals surface area (Å²) in [5.74, 6) is -1.01. The van der Waals surface area contributed by atoms with Crippen molar-refractivity contribution in [1.29, 1.82) is 0 Å². The van der Waals surface area contributed by atoms with Gasteiger partial charge in [-0.3, -0.25) is 14.4 Å². The number of benzene rings is 2. The topological polar surface area (TPSA) is 78.5 Å². The molecule has 0 aromatic heterocycles. The van der Waals surface area contributed by atoms with Gasteiger partial charge < -0.3 is 10.6 Å². The van der Waals surface area contributed by atoms with E-state index in [-0.39, 0.29) is 16.0 Å². The summed E-state index contributed by atoms with van der Waals surface area (Å²) in [7, 11) is 0. The zero-order valence-corrected chi connectivity index (χ0v) is 15.3. The second kappa shape index (κ2) is 7.23. The Morgan fingerprint density at radius 1 is 1.12 bits per heavy atom. The number of amides is 3. The molecule has 0 spiro atoms. The van der Waals surface area contributed by atoms with Gasteiger partial charge in [0.1, 0.15) is 0 Å². The molecule has 0 aliphatic carbocycles. The van der Waals surface area contributed by atoms with E-state index in [9.17, 15) is 14.4 Å². The summed E-state index contributed by atoms with van der Waals surface area (Å²) in [6, 6.07) is 11.3. The Morgan fingerprint density at radius 3 is 2.27 bits per heavy atom. The molecule has 2 aromatic carbocycles. The van der Waals surface area contributed by atoms with E-state index in [2.05, 4.69) is 10.6 Å². The van der Waals surface area contributed by atoms with Gasteiger partial charge in [0.15, 0.2) is 5.11 Å². The highest BCUT2D eigenvalue weighted by molar-refractivity contribution is 7.80. The van der Waals surface area contributed by atoms with Gasteiger partial charge in [0, 0.05) is 6.42 Å². The SMILES string of the molecule is CCC(=O)NC(=S)Nc1ccc(N2C(=O)c3ccccc3C2=O)cc1Cl. The molecule has 132 valence electrons. The van der Waals surface area contributed by atoms with Crippen LogP contribution in [0.1, 0.15) is 34.1 Å². The van der Waals surface area contributed by atoms with E-state index in [4.69, 9.17) is 23.8 Å². The molecule has 0 bridgehead atoms. The molecule has 1 aliphatic rings. The van der Waals surface area contributed by atoms with Gasteiger partial charge in [0.2, 0.25) is 5.91 Å². The van der Waals surface area contributed by atoms with Crippen molar-refractivity contribution in [1.82, 2.24) is 5.32 Å². The van der Waals surface area contributed by atoms with E-state index in [0.29, 0.717) is 28.9 Å². The van der Waals surface area contributed by atoms with Crippen molar-refractivity contribution in [3.63, 3.8) is 0 Å². The summed E-state index contributed by atoms with van der Waals surface area (Å²) < 4.78 is 0. The predicted molar refractivity (Wildman–Crippen MR) is 104 cm³/mol. The monoisotopic (exact) mass is 387 g/mol. The van der Waals surface area contributed by atoms with Crippen molar-refractivity contribution in [2.24, 2.45) is 0 Å². The first kappa shape index (κ1) is 18.0. The maximum absolute atomic E-state index is 12.5. The molecule has 1 aliphatic heterocycles. The van der Waals surface area contributed by atoms with Gasteiger partial charge in [0.25, 0.3) is 11.8 Å². The van der Waals surface area contributed by atoms with Crippen molar-refractivity contribution >= 4 is 58.0 Å². The summed E-state index contributed by atoms with van der Waals surface area (Å²) >= 11 is 11.3. The Morgan fingerprint density at radius 2 is 1.73 bits per heavy atom. The summed E-state index contributed by atoms with van der Waals surface area (Å²) in [6.45, 7) is 1.71. The highest BCUT2D eigenvalue weighted by atomic mass is 35.5. The second-order valence-electron chi connectivity index (χ2n) is 5.51. The maximum Gasteiger partial charge on any atom is 0.266 e. The Balaban J connectivity index is 1.83. The van der Waals surface area contributed by atoms with Crippen LogP contribution in [0.5, 0.6) is 0 Å². The summed E-state index contributed by atoms with van der Waals surface area (Å²) in [5, 5.41) is 5.69. The largest absolute Gasteiger partial charge is 0.331 e. The van der Waals surface area contributed by atoms with Gasteiger partial charge in [-0.1, -0.05) is 30.7 Å². The highest BCUT2D eigenvalue weighted by Crippen LogP contribution is 2.32. The van der Waals surface area contributed by atoms with Gasteiger partial charge in [-0.25, -0.2) is 4.90 Å². The van der Waals surface area contributed by atoms with Crippen molar-refractivity contribution in [2.45, 2.75) is 13.3 Å². The molecule has 0 saturated heterocycles. The lowest BCUT2D eigenvalue weighted by Crippen LogP contribution is -2.33. The molecule has 3 rings (SSSR count). The molecule has 0 saturated carbocycles. The van der Waals surface area contributed by atoms with Crippen LogP contribution < -0.4 is 15.5 Å². The van der Waals surface area contributed by atoms with Gasteiger partial charge in [0.05, 0.1) is 27.5 Å². The molecular formula is C18H14ClN3O3S. The van der Waals surface area contributed by atoms with Crippen LogP contribution in [0, 0.1) is 0 Å². The normalized spacial score (nSPS) is 12.8. The molecule has 0 atom stereocenters. The third kappa shape index (κ3) is 3.31. The maximum atomic E-state index is 12.5. The molecule has 26 heavy (non-hydrogen) atoms. The minimum absolute atomic E-state index is 0.118. The van der Waals surface area contributed by atoms with Crippen molar-refractivity contribution in [3.05, 3.63) is 58.6 Å². The van der Waals surface area contributed by atoms with E-state index in [1.54, 1.807) is 43.3 Å². The van der Waals surface area contributed by atoms with Crippen LogP contribution >= 0.6 is 23.8 Å². The van der Waals surface area contributed by atoms with E-state index < -0.39 is 11.8 Å². The van der Waals surface area contributed by atoms with Gasteiger partial charge in [-0.2, -0.15) is 0 Å². The number of nitrogens with zero attached hydrogens (tertiary/aromatic N) is 1. The van der Waals surface area contributed by atoms with Crippen molar-refractivity contribution in [2.75, 3.05) is 10.2 Å². The van der Waals surface area contributed by atoms with Crippen molar-refractivity contribution in [3.8, 4) is 0 Å². The second-order valence-corrected chi connectivity index (χ2v) is 6.33. The molecule has 8 heteroatoms. The molecule has 2 aromatic rings. The minimum Gasteiger partial charge on any atom is -0.331 e. The van der Waals surface area contributed by atoms with Crippen LogP contribution in [0.3, 0.4) is 0 Å². The molecular weight excluding hydrogens is 374 g/mol. The average molecular weight is 388 g/mol. The zero-order chi connectivity index (χ0) is 18.8. The van der Waals surface area contributed by atoms with Gasteiger partial charge in [-0.15, -0.1) is 0 Å². The van der Waals surface area contributed by atoms with Gasteiger partial charge in [-0.05, 0) is 42.5 Å². The summed E-state index contributed by atoms with van der Waals surface area (Å²) in [5.41, 5.74) is 1.53. The Kier molecular flexibility index (Phi) is 5.01. The highest BCUT2D eigenvalue weighted by Gasteiger charge is 2.36. The summed E-state index contributed by atoms with van der Waals surface area (Å²) in [6.07, 6.45) is 0.300. The molecule has 6 nitrogen and oxygen atoms in total. The summed E-state index contributed by atoms with van der Waals surface area (Å²) in [4.78, 5) is 37.5. The number of imide groups is 1. The van der Waals surface area contributed by atoms with Crippen molar-refractivity contribution < 1.29 is 14.4 Å². The Labute approximate surface area is 160 Å². The fourth-order valence-corrected chi connectivity index (χ4v) is 2.98. The molecule has 1 heterocycles. The van der Waals surface area contributed by atoms with E-state index in [1.165, 1.54) is 6.07 Å². The molecule has 0 radical (unpaired) electrons. The first-order valence-electron chi connectivity index (χ1n) is 7.80. The third-order valence-electron chi connectivity index (χ3n) is 3.83. The first-order chi connectivity index (χ1) is 12.4. The minimum atomic E-state index is -0.395. The first-order valence-corrected chi connectivity index (χ1v) is 8.59. The number of carbonyl (C=O) groups excluding carboxylic acids is 3. The number of anilines is 2. The van der Waals surface area contributed by atoms with Crippen LogP contribution in [-0.2, 0) is 4.79 Å². The zero-order valence-electron chi connectivity index (χ0n) is 13.7. The number of fused-ring (bicyclic) bond motifs is 1. The van der Waals surface area contributed by atoms with E-state index in [1.807, 2.05) is 0 Å². The number of thiocarbonyl (C=S) groups is 1. The molecule has 2 N–H and O–H groups in total. The lowest BCUT2D eigenvalue weighted by molar-refractivity contribution is -0.119. The van der Waals surface area contributed by atoms with Gasteiger partial charge >= 0.3 is 0 Å². The van der Waals surface area contributed by atoms with Crippen LogP contribution in [0.2, 0.25) is 5.02 Å². The predicted octanol–water partition coefficient (Wildman–Crippen LogP) is 3.36. The lowest BCUT2D eigenvalue weighted by atomic mass is 10.1. The number of hydrogen-bond acceptors (Lipinski definition) is 4. The smallest absolute Gasteiger partial charge is 0.266 e. The molecule has 0 fully saturated rings. The lowest BCUT2D eigenvalue weighted by Gasteiger charge is -2.16. The fourth-order valence-electron chi connectivity index (χ4n) is 2.54.